The number of aromatic nitrogens is 2. The van der Waals surface area contributed by atoms with Crippen LogP contribution in [0, 0.1) is 0 Å². The molecule has 1 amide bonds. The number of ether oxygens (including phenoxy) is 1. The maximum Gasteiger partial charge on any atom is 0.404 e. The molecule has 4 N–H and O–H groups in total. The molecule has 3 rings (SSSR count). The number of nitrogen functional groups attached to an aromatic ring is 1. The summed E-state index contributed by atoms with van der Waals surface area (Å²) in [5, 5.41) is 0.773. The van der Waals surface area contributed by atoms with Crippen LogP contribution in [0.2, 0.25) is 10.0 Å². The van der Waals surface area contributed by atoms with Gasteiger partial charge >= 0.3 is 6.09 Å². The summed E-state index contributed by atoms with van der Waals surface area (Å²) in [6, 6.07) is 5.22. The van der Waals surface area contributed by atoms with E-state index in [-0.39, 0.29) is 18.0 Å². The molecule has 12 heteroatoms. The lowest BCUT2D eigenvalue weighted by Gasteiger charge is -2.25. The number of anilines is 2. The molecule has 0 atom stereocenters. The minimum atomic E-state index is -0.775. The summed E-state index contributed by atoms with van der Waals surface area (Å²) in [7, 11) is 1.68. The number of nitrogens with zero attached hydrogens (tertiary/aromatic N) is 4. The van der Waals surface area contributed by atoms with Crippen molar-refractivity contribution in [3.63, 3.8) is 0 Å². The van der Waals surface area contributed by atoms with Gasteiger partial charge in [-0.1, -0.05) is 41.0 Å². The van der Waals surface area contributed by atoms with Crippen molar-refractivity contribution < 1.29 is 9.53 Å². The van der Waals surface area contributed by atoms with Gasteiger partial charge in [-0.25, -0.2) is 4.79 Å². The summed E-state index contributed by atoms with van der Waals surface area (Å²) in [6.07, 6.45) is 0.0872. The number of amides is 1. The Bertz CT molecular complexity index is 1020. The fourth-order valence-electron chi connectivity index (χ4n) is 3.31. The molecule has 2 aromatic rings. The van der Waals surface area contributed by atoms with Crippen LogP contribution >= 0.6 is 35.0 Å². The Kier molecular flexibility index (Phi) is 7.93. The highest BCUT2D eigenvalue weighted by atomic mass is 35.5. The summed E-state index contributed by atoms with van der Waals surface area (Å²) < 4.78 is 6.32. The van der Waals surface area contributed by atoms with Gasteiger partial charge in [-0.2, -0.15) is 4.98 Å². The van der Waals surface area contributed by atoms with Crippen molar-refractivity contribution in [2.75, 3.05) is 50.0 Å². The van der Waals surface area contributed by atoms with E-state index < -0.39 is 6.09 Å². The van der Waals surface area contributed by atoms with Crippen LogP contribution in [0.5, 0.6) is 0 Å². The van der Waals surface area contributed by atoms with Crippen molar-refractivity contribution in [2.24, 2.45) is 12.8 Å². The van der Waals surface area contributed by atoms with E-state index in [1.165, 1.54) is 4.57 Å². The van der Waals surface area contributed by atoms with Crippen LogP contribution in [0.1, 0.15) is 6.42 Å². The molecule has 1 aliphatic rings. The Morgan fingerprint density at radius 2 is 2.03 bits per heavy atom. The standard InChI is InChI=1S/C19H24Cl2N6O3S/c1-25-17(28)15(31-13-5-2-4-12(20)14(13)21)16(22)24-19(25)27-7-3-6-26(8-9-27)10-11-30-18(23)29/h2,4-5H,3,6-11,22H2,1H3,(H2,23,29). The number of carbonyl (C=O) groups is 1. The molecule has 0 unspecified atom stereocenters. The van der Waals surface area contributed by atoms with Gasteiger partial charge in [-0.15, -0.1) is 0 Å². The molecule has 0 aliphatic carbocycles. The lowest BCUT2D eigenvalue weighted by molar-refractivity contribution is 0.137. The third kappa shape index (κ3) is 5.76. The molecule has 2 heterocycles. The van der Waals surface area contributed by atoms with Crippen LogP contribution in [0.25, 0.3) is 0 Å². The molecule has 9 nitrogen and oxygen atoms in total. The number of hydrogen-bond acceptors (Lipinski definition) is 8. The maximum absolute atomic E-state index is 13.1. The quantitative estimate of drug-likeness (QED) is 0.638. The summed E-state index contributed by atoms with van der Waals surface area (Å²) >= 11 is 13.5. The number of hydrogen-bond donors (Lipinski definition) is 2. The minimum absolute atomic E-state index is 0.148. The SMILES string of the molecule is Cn1c(N2CCCN(CCOC(N)=O)CC2)nc(N)c(Sc2cccc(Cl)c2Cl)c1=O. The molecular weight excluding hydrogens is 463 g/mol. The second-order valence-corrected chi connectivity index (χ2v) is 8.83. The second-order valence-electron chi connectivity index (χ2n) is 6.99. The Hall–Kier alpha value is -2.14. The number of halogens is 2. The van der Waals surface area contributed by atoms with Crippen LogP contribution < -0.4 is 21.9 Å². The van der Waals surface area contributed by atoms with E-state index in [9.17, 15) is 9.59 Å². The Morgan fingerprint density at radius 1 is 1.26 bits per heavy atom. The number of rotatable bonds is 6. The third-order valence-corrected chi connectivity index (χ3v) is 6.98. The number of nitrogens with two attached hydrogens (primary N) is 2. The molecule has 1 aromatic heterocycles. The monoisotopic (exact) mass is 486 g/mol. The molecule has 1 fully saturated rings. The fraction of sp³-hybridized carbons (Fsp3) is 0.421. The van der Waals surface area contributed by atoms with E-state index >= 15 is 0 Å². The van der Waals surface area contributed by atoms with E-state index in [2.05, 4.69) is 9.88 Å². The predicted molar refractivity (Wildman–Crippen MR) is 123 cm³/mol. The van der Waals surface area contributed by atoms with Gasteiger partial charge in [0, 0.05) is 44.7 Å². The van der Waals surface area contributed by atoms with E-state index in [1.54, 1.807) is 25.2 Å². The van der Waals surface area contributed by atoms with Gasteiger partial charge in [-0.05, 0) is 18.6 Å². The van der Waals surface area contributed by atoms with Gasteiger partial charge < -0.3 is 21.1 Å². The topological polar surface area (TPSA) is 120 Å². The largest absolute Gasteiger partial charge is 0.448 e. The molecule has 0 bridgehead atoms. The molecule has 1 aromatic carbocycles. The molecule has 168 valence electrons. The van der Waals surface area contributed by atoms with Gasteiger partial charge in [-0.3, -0.25) is 14.3 Å². The van der Waals surface area contributed by atoms with Gasteiger partial charge in [0.15, 0.2) is 0 Å². The molecule has 1 aliphatic heterocycles. The lowest BCUT2D eigenvalue weighted by atomic mass is 10.4. The second kappa shape index (κ2) is 10.4. The highest BCUT2D eigenvalue weighted by molar-refractivity contribution is 7.99. The first kappa shape index (κ1) is 23.5. The van der Waals surface area contributed by atoms with Gasteiger partial charge in [0.25, 0.3) is 5.56 Å². The van der Waals surface area contributed by atoms with Gasteiger partial charge in [0.1, 0.15) is 17.3 Å². The number of carbonyl (C=O) groups excluding carboxylic acids is 1. The van der Waals surface area contributed by atoms with E-state index in [4.69, 9.17) is 39.4 Å². The maximum atomic E-state index is 13.1. The average molecular weight is 487 g/mol. The molecule has 0 saturated carbocycles. The van der Waals surface area contributed by atoms with Crippen LogP contribution in [-0.4, -0.2) is 59.9 Å². The zero-order valence-corrected chi connectivity index (χ0v) is 19.3. The minimum Gasteiger partial charge on any atom is -0.448 e. The predicted octanol–water partition coefficient (Wildman–Crippen LogP) is 2.43. The summed E-state index contributed by atoms with van der Waals surface area (Å²) in [5.74, 6) is 0.661. The van der Waals surface area contributed by atoms with Crippen molar-refractivity contribution in [3.8, 4) is 0 Å². The lowest BCUT2D eigenvalue weighted by Crippen LogP contribution is -2.36. The summed E-state index contributed by atoms with van der Waals surface area (Å²) in [4.78, 5) is 33.5. The highest BCUT2D eigenvalue weighted by Gasteiger charge is 2.22. The van der Waals surface area contributed by atoms with Crippen LogP contribution in [-0.2, 0) is 11.8 Å². The van der Waals surface area contributed by atoms with E-state index in [1.807, 2.05) is 4.90 Å². The van der Waals surface area contributed by atoms with Crippen molar-refractivity contribution >= 4 is 52.8 Å². The molecule has 0 spiro atoms. The number of primary amides is 1. The first-order valence-corrected chi connectivity index (χ1v) is 11.2. The number of benzene rings is 1. The first-order chi connectivity index (χ1) is 14.8. The Morgan fingerprint density at radius 3 is 2.77 bits per heavy atom. The zero-order valence-electron chi connectivity index (χ0n) is 17.0. The van der Waals surface area contributed by atoms with Gasteiger partial charge in [0.05, 0.1) is 10.0 Å². The van der Waals surface area contributed by atoms with E-state index in [0.717, 1.165) is 37.8 Å². The fourth-order valence-corrected chi connectivity index (χ4v) is 4.72. The average Bonchev–Trinajstić information content (AvgIpc) is 2.96. The van der Waals surface area contributed by atoms with Gasteiger partial charge in [0.2, 0.25) is 5.95 Å². The summed E-state index contributed by atoms with van der Waals surface area (Å²) in [6.45, 7) is 3.79. The zero-order chi connectivity index (χ0) is 22.5. The first-order valence-electron chi connectivity index (χ1n) is 9.66. The normalized spacial score (nSPS) is 15.0. The highest BCUT2D eigenvalue weighted by Crippen LogP contribution is 2.37. The summed E-state index contributed by atoms with van der Waals surface area (Å²) in [5.41, 5.74) is 10.9. The Balaban J connectivity index is 1.76. The molecule has 31 heavy (non-hydrogen) atoms. The van der Waals surface area contributed by atoms with E-state index in [0.29, 0.717) is 38.9 Å². The van der Waals surface area contributed by atoms with Crippen LogP contribution in [0.3, 0.4) is 0 Å². The van der Waals surface area contributed by atoms with Crippen molar-refractivity contribution in [3.05, 3.63) is 38.6 Å². The smallest absolute Gasteiger partial charge is 0.404 e. The molecule has 0 radical (unpaired) electrons. The van der Waals surface area contributed by atoms with Crippen molar-refractivity contribution in [1.82, 2.24) is 14.5 Å². The third-order valence-electron chi connectivity index (χ3n) is 4.90. The van der Waals surface area contributed by atoms with Crippen LogP contribution in [0.15, 0.2) is 32.8 Å². The molecule has 1 saturated heterocycles. The van der Waals surface area contributed by atoms with Crippen molar-refractivity contribution in [2.45, 2.75) is 16.2 Å². The Labute approximate surface area is 194 Å². The molecular formula is C19H24Cl2N6O3S. The van der Waals surface area contributed by atoms with Crippen LogP contribution in [0.4, 0.5) is 16.6 Å². The van der Waals surface area contributed by atoms with Crippen molar-refractivity contribution in [1.29, 1.82) is 0 Å².